The summed E-state index contributed by atoms with van der Waals surface area (Å²) in [5, 5.41) is 7.41. The lowest BCUT2D eigenvalue weighted by Crippen LogP contribution is -3.28. The van der Waals surface area contributed by atoms with Gasteiger partial charge in [0, 0.05) is 7.05 Å². The SMILES string of the molecule is COc1ccc(C[NH+]2CC[NH+](CC(=O)Nc3c(C)nn(C)c3C)CC2)c(OC)c1OC. The highest BCUT2D eigenvalue weighted by Crippen LogP contribution is 2.39. The summed E-state index contributed by atoms with van der Waals surface area (Å²) in [6, 6.07) is 3.96. The number of carbonyl (C=O) groups is 1. The topological polar surface area (TPSA) is 83.5 Å². The smallest absolute Gasteiger partial charge is 0.279 e. The van der Waals surface area contributed by atoms with Gasteiger partial charge in [0.05, 0.1) is 44.0 Å². The number of amides is 1. The molecule has 1 aromatic carbocycles. The van der Waals surface area contributed by atoms with Crippen molar-refractivity contribution < 1.29 is 28.8 Å². The molecule has 31 heavy (non-hydrogen) atoms. The quantitative estimate of drug-likeness (QED) is 0.497. The Hall–Kier alpha value is -2.78. The maximum atomic E-state index is 12.6. The lowest BCUT2D eigenvalue weighted by Gasteiger charge is -2.30. The number of nitrogens with one attached hydrogen (secondary N) is 3. The summed E-state index contributed by atoms with van der Waals surface area (Å²) >= 11 is 0. The van der Waals surface area contributed by atoms with E-state index in [0.717, 1.165) is 61.1 Å². The van der Waals surface area contributed by atoms with E-state index in [-0.39, 0.29) is 5.91 Å². The molecule has 3 N–H and O–H groups in total. The van der Waals surface area contributed by atoms with Crippen LogP contribution in [0.15, 0.2) is 12.1 Å². The minimum atomic E-state index is 0.0409. The largest absolute Gasteiger partial charge is 0.493 e. The molecule has 2 heterocycles. The van der Waals surface area contributed by atoms with Crippen molar-refractivity contribution >= 4 is 11.6 Å². The molecule has 0 bridgehead atoms. The van der Waals surface area contributed by atoms with Gasteiger partial charge in [0.15, 0.2) is 18.0 Å². The molecule has 0 atom stereocenters. The number of piperazine rings is 1. The predicted octanol–water partition coefficient (Wildman–Crippen LogP) is -1.02. The minimum Gasteiger partial charge on any atom is -0.493 e. The number of nitrogens with zero attached hydrogens (tertiary/aromatic N) is 2. The van der Waals surface area contributed by atoms with Crippen molar-refractivity contribution in [2.24, 2.45) is 7.05 Å². The van der Waals surface area contributed by atoms with Gasteiger partial charge in [0.2, 0.25) is 5.75 Å². The molecule has 1 aromatic heterocycles. The molecule has 1 aliphatic heterocycles. The molecule has 9 nitrogen and oxygen atoms in total. The standard InChI is InChI=1S/C22H33N5O4/c1-15-20(16(2)25(3)24-15)23-19(28)14-27-11-9-26(10-12-27)13-17-7-8-18(29-4)22(31-6)21(17)30-5/h7-8H,9-14H2,1-6H3,(H,23,28)/p+2. The normalized spacial score (nSPS) is 18.5. The second kappa shape index (κ2) is 10.0. The van der Waals surface area contributed by atoms with E-state index in [4.69, 9.17) is 14.2 Å². The highest BCUT2D eigenvalue weighted by Gasteiger charge is 2.27. The van der Waals surface area contributed by atoms with Gasteiger partial charge in [-0.3, -0.25) is 9.48 Å². The molecule has 170 valence electrons. The van der Waals surface area contributed by atoms with Crippen molar-refractivity contribution in [1.82, 2.24) is 9.78 Å². The van der Waals surface area contributed by atoms with E-state index in [1.54, 1.807) is 26.0 Å². The lowest BCUT2D eigenvalue weighted by molar-refractivity contribution is -1.02. The number of hydrogen-bond acceptors (Lipinski definition) is 5. The number of rotatable bonds is 8. The first-order chi connectivity index (χ1) is 14.9. The van der Waals surface area contributed by atoms with Crippen molar-refractivity contribution in [2.75, 3.05) is 59.4 Å². The van der Waals surface area contributed by atoms with Crippen LogP contribution in [0.5, 0.6) is 17.2 Å². The minimum absolute atomic E-state index is 0.0409. The van der Waals surface area contributed by atoms with Crippen LogP contribution in [-0.4, -0.2) is 69.7 Å². The number of benzene rings is 1. The second-order valence-corrected chi connectivity index (χ2v) is 8.06. The Balaban J connectivity index is 1.55. The van der Waals surface area contributed by atoms with Gasteiger partial charge in [0.25, 0.3) is 5.91 Å². The van der Waals surface area contributed by atoms with Gasteiger partial charge in [-0.1, -0.05) is 0 Å². The summed E-state index contributed by atoms with van der Waals surface area (Å²) in [6.07, 6.45) is 0. The zero-order valence-electron chi connectivity index (χ0n) is 19.4. The summed E-state index contributed by atoms with van der Waals surface area (Å²) in [6.45, 7) is 9.08. The number of ether oxygens (including phenoxy) is 3. The van der Waals surface area contributed by atoms with E-state index in [1.807, 2.05) is 33.0 Å². The zero-order chi connectivity index (χ0) is 22.5. The van der Waals surface area contributed by atoms with Crippen molar-refractivity contribution in [3.05, 3.63) is 29.1 Å². The van der Waals surface area contributed by atoms with Crippen LogP contribution in [0.3, 0.4) is 0 Å². The van der Waals surface area contributed by atoms with E-state index in [0.29, 0.717) is 18.0 Å². The first-order valence-electron chi connectivity index (χ1n) is 10.6. The Morgan fingerprint density at radius 1 is 1.03 bits per heavy atom. The van der Waals surface area contributed by atoms with Crippen LogP contribution in [0, 0.1) is 13.8 Å². The Morgan fingerprint density at radius 2 is 1.68 bits per heavy atom. The van der Waals surface area contributed by atoms with Crippen LogP contribution in [0.1, 0.15) is 17.0 Å². The fourth-order valence-electron chi connectivity index (χ4n) is 4.25. The van der Waals surface area contributed by atoms with E-state index in [9.17, 15) is 4.79 Å². The number of aryl methyl sites for hydroxylation is 2. The molecule has 3 rings (SSSR count). The van der Waals surface area contributed by atoms with Gasteiger partial charge in [-0.25, -0.2) is 0 Å². The number of methoxy groups -OCH3 is 3. The molecule has 1 aliphatic rings. The molecule has 1 amide bonds. The third-order valence-electron chi connectivity index (χ3n) is 6.07. The van der Waals surface area contributed by atoms with Crippen LogP contribution >= 0.6 is 0 Å². The van der Waals surface area contributed by atoms with Gasteiger partial charge in [-0.05, 0) is 26.0 Å². The number of carbonyl (C=O) groups excluding carboxylic acids is 1. The fraction of sp³-hybridized carbons (Fsp3) is 0.545. The average molecular weight is 434 g/mol. The van der Waals surface area contributed by atoms with Crippen molar-refractivity contribution in [3.8, 4) is 17.2 Å². The van der Waals surface area contributed by atoms with Crippen LogP contribution < -0.4 is 29.3 Å². The van der Waals surface area contributed by atoms with Gasteiger partial charge >= 0.3 is 0 Å². The second-order valence-electron chi connectivity index (χ2n) is 8.06. The van der Waals surface area contributed by atoms with Crippen LogP contribution in [0.25, 0.3) is 0 Å². The third kappa shape index (κ3) is 5.11. The van der Waals surface area contributed by atoms with Gasteiger partial charge in [-0.15, -0.1) is 0 Å². The number of aromatic nitrogens is 2. The molecule has 1 saturated heterocycles. The summed E-state index contributed by atoms with van der Waals surface area (Å²) < 4.78 is 18.3. The maximum absolute atomic E-state index is 12.6. The maximum Gasteiger partial charge on any atom is 0.279 e. The van der Waals surface area contributed by atoms with Crippen molar-refractivity contribution in [3.63, 3.8) is 0 Å². The summed E-state index contributed by atoms with van der Waals surface area (Å²) in [5.74, 6) is 2.06. The molecular weight excluding hydrogens is 398 g/mol. The molecule has 0 aliphatic carbocycles. The summed E-state index contributed by atoms with van der Waals surface area (Å²) in [7, 11) is 6.79. The van der Waals surface area contributed by atoms with Crippen LogP contribution in [-0.2, 0) is 18.4 Å². The fourth-order valence-corrected chi connectivity index (χ4v) is 4.25. The first-order valence-corrected chi connectivity index (χ1v) is 10.6. The van der Waals surface area contributed by atoms with E-state index in [1.165, 1.54) is 9.80 Å². The Kier molecular flexibility index (Phi) is 7.40. The Labute approximate surface area is 183 Å². The molecule has 0 radical (unpaired) electrons. The van der Waals surface area contributed by atoms with Crippen LogP contribution in [0.2, 0.25) is 0 Å². The Morgan fingerprint density at radius 3 is 2.23 bits per heavy atom. The molecule has 2 aromatic rings. The van der Waals surface area contributed by atoms with Gasteiger partial charge in [-0.2, -0.15) is 5.10 Å². The number of hydrogen-bond donors (Lipinski definition) is 3. The number of quaternary nitrogens is 2. The number of anilines is 1. The molecule has 1 fully saturated rings. The van der Waals surface area contributed by atoms with Crippen molar-refractivity contribution in [2.45, 2.75) is 20.4 Å². The highest BCUT2D eigenvalue weighted by atomic mass is 16.5. The van der Waals surface area contributed by atoms with E-state index in [2.05, 4.69) is 10.4 Å². The zero-order valence-corrected chi connectivity index (χ0v) is 19.4. The molecule has 0 spiro atoms. The molecule has 9 heteroatoms. The average Bonchev–Trinajstić information content (AvgIpc) is 3.00. The highest BCUT2D eigenvalue weighted by molar-refractivity contribution is 5.92. The molecular formula is C22H35N5O4+2. The molecule has 0 saturated carbocycles. The first kappa shape index (κ1) is 22.9. The summed E-state index contributed by atoms with van der Waals surface area (Å²) in [4.78, 5) is 15.3. The van der Waals surface area contributed by atoms with Gasteiger partial charge < -0.3 is 29.3 Å². The molecule has 0 unspecified atom stereocenters. The monoisotopic (exact) mass is 433 g/mol. The van der Waals surface area contributed by atoms with Crippen molar-refractivity contribution in [1.29, 1.82) is 0 Å². The third-order valence-corrected chi connectivity index (χ3v) is 6.07. The lowest BCUT2D eigenvalue weighted by atomic mass is 10.1. The summed E-state index contributed by atoms with van der Waals surface area (Å²) in [5.41, 5.74) is 3.75. The Bertz CT molecular complexity index is 919. The van der Waals surface area contributed by atoms with E-state index >= 15 is 0 Å². The van der Waals surface area contributed by atoms with Gasteiger partial charge in [0.1, 0.15) is 32.7 Å². The van der Waals surface area contributed by atoms with E-state index < -0.39 is 0 Å². The van der Waals surface area contributed by atoms with Crippen LogP contribution in [0.4, 0.5) is 5.69 Å². The predicted molar refractivity (Wildman–Crippen MR) is 117 cm³/mol.